The number of hydrogen-bond acceptors (Lipinski definition) is 1. The molecule has 1 aromatic rings. The Balaban J connectivity index is 2.63. The standard InChI is InChI=1S/C15H21NO/c1-5-9-15(10(2)3)12-8-6-7-11(4)13(12)16-14(15)17/h6-8,10H,5,9H2,1-4H3,(H,16,17). The lowest BCUT2D eigenvalue weighted by Crippen LogP contribution is -2.39. The van der Waals surface area contributed by atoms with Crippen molar-refractivity contribution in [1.82, 2.24) is 0 Å². The highest BCUT2D eigenvalue weighted by atomic mass is 16.2. The Morgan fingerprint density at radius 3 is 2.65 bits per heavy atom. The molecular formula is C15H21NO. The molecule has 2 heteroatoms. The van der Waals surface area contributed by atoms with Crippen molar-refractivity contribution in [3.63, 3.8) is 0 Å². The van der Waals surface area contributed by atoms with E-state index in [1.165, 1.54) is 5.56 Å². The van der Waals surface area contributed by atoms with E-state index in [0.29, 0.717) is 5.92 Å². The second-order valence-electron chi connectivity index (χ2n) is 5.33. The second kappa shape index (κ2) is 4.17. The summed E-state index contributed by atoms with van der Waals surface area (Å²) in [4.78, 5) is 12.4. The van der Waals surface area contributed by atoms with Crippen molar-refractivity contribution in [3.05, 3.63) is 29.3 Å². The number of amides is 1. The van der Waals surface area contributed by atoms with Crippen LogP contribution < -0.4 is 5.32 Å². The summed E-state index contributed by atoms with van der Waals surface area (Å²) in [6.45, 7) is 8.49. The average molecular weight is 231 g/mol. The maximum atomic E-state index is 12.4. The van der Waals surface area contributed by atoms with Crippen LogP contribution in [0.2, 0.25) is 0 Å². The molecule has 1 heterocycles. The fourth-order valence-corrected chi connectivity index (χ4v) is 3.06. The van der Waals surface area contributed by atoms with Gasteiger partial charge in [-0.3, -0.25) is 4.79 Å². The zero-order chi connectivity index (χ0) is 12.6. The van der Waals surface area contributed by atoms with Crippen LogP contribution in [0, 0.1) is 12.8 Å². The fourth-order valence-electron chi connectivity index (χ4n) is 3.06. The molecule has 1 N–H and O–H groups in total. The van der Waals surface area contributed by atoms with Gasteiger partial charge in [0, 0.05) is 5.69 Å². The molecule has 1 aromatic carbocycles. The smallest absolute Gasteiger partial charge is 0.235 e. The van der Waals surface area contributed by atoms with E-state index in [2.05, 4.69) is 51.2 Å². The number of hydrogen-bond donors (Lipinski definition) is 1. The van der Waals surface area contributed by atoms with E-state index < -0.39 is 0 Å². The highest BCUT2D eigenvalue weighted by molar-refractivity contribution is 6.07. The molecule has 1 unspecified atom stereocenters. The summed E-state index contributed by atoms with van der Waals surface area (Å²) in [6, 6.07) is 6.22. The number of rotatable bonds is 3. The number of anilines is 1. The molecular weight excluding hydrogens is 210 g/mol. The Hall–Kier alpha value is -1.31. The zero-order valence-corrected chi connectivity index (χ0v) is 11.1. The first-order chi connectivity index (χ1) is 8.04. The number of carbonyl (C=O) groups excluding carboxylic acids is 1. The normalized spacial score (nSPS) is 22.8. The second-order valence-corrected chi connectivity index (χ2v) is 5.33. The summed E-state index contributed by atoms with van der Waals surface area (Å²) in [6.07, 6.45) is 1.95. The SMILES string of the molecule is CCCC1(C(C)C)C(=O)Nc2c(C)cccc21. The van der Waals surface area contributed by atoms with Crippen molar-refractivity contribution in [3.8, 4) is 0 Å². The zero-order valence-electron chi connectivity index (χ0n) is 11.1. The number of para-hydroxylation sites is 1. The van der Waals surface area contributed by atoms with Crippen molar-refractivity contribution in [2.45, 2.75) is 46.0 Å². The van der Waals surface area contributed by atoms with Gasteiger partial charge in [-0.15, -0.1) is 0 Å². The maximum Gasteiger partial charge on any atom is 0.235 e. The summed E-state index contributed by atoms with van der Waals surface area (Å²) in [7, 11) is 0. The van der Waals surface area contributed by atoms with Crippen LogP contribution in [0.3, 0.4) is 0 Å². The largest absolute Gasteiger partial charge is 0.325 e. The molecule has 2 rings (SSSR count). The van der Waals surface area contributed by atoms with Crippen molar-refractivity contribution in [2.75, 3.05) is 5.32 Å². The van der Waals surface area contributed by atoms with Crippen LogP contribution in [0.1, 0.15) is 44.7 Å². The first-order valence-corrected chi connectivity index (χ1v) is 6.45. The molecule has 0 aliphatic carbocycles. The first-order valence-electron chi connectivity index (χ1n) is 6.45. The molecule has 1 aliphatic heterocycles. The number of carbonyl (C=O) groups is 1. The van der Waals surface area contributed by atoms with Gasteiger partial charge in [0.05, 0.1) is 5.41 Å². The third-order valence-corrected chi connectivity index (χ3v) is 4.03. The van der Waals surface area contributed by atoms with E-state index in [4.69, 9.17) is 0 Å². The van der Waals surface area contributed by atoms with E-state index >= 15 is 0 Å². The molecule has 0 aromatic heterocycles. The monoisotopic (exact) mass is 231 g/mol. The molecule has 0 fully saturated rings. The molecule has 1 atom stereocenters. The van der Waals surface area contributed by atoms with E-state index in [1.807, 2.05) is 0 Å². The summed E-state index contributed by atoms with van der Waals surface area (Å²) in [5.74, 6) is 0.504. The minimum Gasteiger partial charge on any atom is -0.325 e. The Morgan fingerprint density at radius 2 is 2.06 bits per heavy atom. The Kier molecular flexibility index (Phi) is 2.98. The summed E-state index contributed by atoms with van der Waals surface area (Å²) >= 11 is 0. The van der Waals surface area contributed by atoms with Gasteiger partial charge in [0.2, 0.25) is 5.91 Å². The topological polar surface area (TPSA) is 29.1 Å². The van der Waals surface area contributed by atoms with Crippen molar-refractivity contribution in [1.29, 1.82) is 0 Å². The minimum absolute atomic E-state index is 0.179. The minimum atomic E-state index is -0.323. The molecule has 0 spiro atoms. The molecule has 17 heavy (non-hydrogen) atoms. The first kappa shape index (κ1) is 12.2. The van der Waals surface area contributed by atoms with Crippen LogP contribution in [-0.4, -0.2) is 5.91 Å². The quantitative estimate of drug-likeness (QED) is 0.845. The highest BCUT2D eigenvalue weighted by Crippen LogP contribution is 2.47. The lowest BCUT2D eigenvalue weighted by molar-refractivity contribution is -0.122. The molecule has 0 saturated heterocycles. The van der Waals surface area contributed by atoms with Gasteiger partial charge in [0.1, 0.15) is 0 Å². The van der Waals surface area contributed by atoms with Crippen LogP contribution in [0.5, 0.6) is 0 Å². The Morgan fingerprint density at radius 1 is 1.35 bits per heavy atom. The lowest BCUT2D eigenvalue weighted by atomic mass is 9.69. The molecule has 1 amide bonds. The summed E-state index contributed by atoms with van der Waals surface area (Å²) in [5, 5.41) is 3.08. The van der Waals surface area contributed by atoms with Crippen LogP contribution in [0.4, 0.5) is 5.69 Å². The number of aryl methyl sites for hydroxylation is 1. The van der Waals surface area contributed by atoms with Gasteiger partial charge in [-0.1, -0.05) is 45.4 Å². The van der Waals surface area contributed by atoms with Gasteiger partial charge in [0.25, 0.3) is 0 Å². The molecule has 92 valence electrons. The van der Waals surface area contributed by atoms with Crippen LogP contribution in [0.25, 0.3) is 0 Å². The van der Waals surface area contributed by atoms with Gasteiger partial charge in [0.15, 0.2) is 0 Å². The molecule has 0 bridgehead atoms. The summed E-state index contributed by atoms with van der Waals surface area (Å²) < 4.78 is 0. The third-order valence-electron chi connectivity index (χ3n) is 4.03. The third kappa shape index (κ3) is 1.58. The van der Waals surface area contributed by atoms with E-state index in [9.17, 15) is 4.79 Å². The molecule has 0 saturated carbocycles. The number of fused-ring (bicyclic) bond motifs is 1. The van der Waals surface area contributed by atoms with Gasteiger partial charge < -0.3 is 5.32 Å². The van der Waals surface area contributed by atoms with Crippen molar-refractivity contribution >= 4 is 11.6 Å². The maximum absolute atomic E-state index is 12.4. The molecule has 1 aliphatic rings. The van der Waals surface area contributed by atoms with E-state index in [1.54, 1.807) is 0 Å². The Bertz CT molecular complexity index is 450. The van der Waals surface area contributed by atoms with Crippen molar-refractivity contribution < 1.29 is 4.79 Å². The molecule has 0 radical (unpaired) electrons. The Labute approximate surface area is 103 Å². The average Bonchev–Trinajstić information content (AvgIpc) is 2.56. The van der Waals surface area contributed by atoms with Crippen molar-refractivity contribution in [2.24, 2.45) is 5.92 Å². The number of benzene rings is 1. The fraction of sp³-hybridized carbons (Fsp3) is 0.533. The molecule has 2 nitrogen and oxygen atoms in total. The van der Waals surface area contributed by atoms with Gasteiger partial charge in [-0.2, -0.15) is 0 Å². The highest BCUT2D eigenvalue weighted by Gasteiger charge is 2.48. The van der Waals surface area contributed by atoms with E-state index in [-0.39, 0.29) is 11.3 Å². The van der Waals surface area contributed by atoms with Crippen LogP contribution >= 0.6 is 0 Å². The van der Waals surface area contributed by atoms with Gasteiger partial charge >= 0.3 is 0 Å². The lowest BCUT2D eigenvalue weighted by Gasteiger charge is -2.31. The predicted octanol–water partition coefficient (Wildman–Crippen LogP) is 3.64. The predicted molar refractivity (Wildman–Crippen MR) is 71.2 cm³/mol. The van der Waals surface area contributed by atoms with Crippen LogP contribution in [0.15, 0.2) is 18.2 Å². The van der Waals surface area contributed by atoms with Gasteiger partial charge in [-0.25, -0.2) is 0 Å². The number of nitrogens with one attached hydrogen (secondary N) is 1. The van der Waals surface area contributed by atoms with Crippen LogP contribution in [-0.2, 0) is 10.2 Å². The summed E-state index contributed by atoms with van der Waals surface area (Å²) in [5.41, 5.74) is 3.07. The van der Waals surface area contributed by atoms with Gasteiger partial charge in [-0.05, 0) is 30.4 Å². The van der Waals surface area contributed by atoms with E-state index in [0.717, 1.165) is 24.1 Å².